The summed E-state index contributed by atoms with van der Waals surface area (Å²) in [6.07, 6.45) is 6.22. The van der Waals surface area contributed by atoms with Gasteiger partial charge in [-0.2, -0.15) is 0 Å². The van der Waals surface area contributed by atoms with Crippen molar-refractivity contribution in [1.29, 1.82) is 0 Å². The summed E-state index contributed by atoms with van der Waals surface area (Å²) >= 11 is 0. The average molecular weight is 550 g/mol. The van der Waals surface area contributed by atoms with E-state index in [1.165, 1.54) is 0 Å². The summed E-state index contributed by atoms with van der Waals surface area (Å²) in [5, 5.41) is 3.03. The molecule has 1 fully saturated rings. The SMILES string of the molecule is COCC[C@H](c1ncc(F)cn1)N1C[C@@H](C)N(C(=O)C(C)C)[C@@H](C(=O)NCc2ccc(-c3ncccn3)cc2)C1. The smallest absolute Gasteiger partial charge is 0.244 e. The first kappa shape index (κ1) is 29.2. The minimum absolute atomic E-state index is 0.0778. The maximum atomic E-state index is 13.6. The Balaban J connectivity index is 1.53. The van der Waals surface area contributed by atoms with Gasteiger partial charge in [-0.05, 0) is 25.0 Å². The molecule has 0 spiro atoms. The molecule has 0 saturated carbocycles. The molecule has 3 aromatic rings. The van der Waals surface area contributed by atoms with Crippen LogP contribution in [-0.2, 0) is 20.9 Å². The molecule has 2 amide bonds. The van der Waals surface area contributed by atoms with Gasteiger partial charge < -0.3 is 15.0 Å². The molecule has 2 aromatic heterocycles. The Labute approximate surface area is 234 Å². The number of nitrogens with one attached hydrogen (secondary N) is 1. The molecule has 11 heteroatoms. The molecule has 0 radical (unpaired) electrons. The van der Waals surface area contributed by atoms with E-state index in [2.05, 4.69) is 30.2 Å². The Kier molecular flexibility index (Phi) is 9.84. The van der Waals surface area contributed by atoms with Crippen LogP contribution in [0.2, 0.25) is 0 Å². The van der Waals surface area contributed by atoms with Crippen LogP contribution >= 0.6 is 0 Å². The molecule has 212 valence electrons. The van der Waals surface area contributed by atoms with Gasteiger partial charge in [0, 0.05) is 63.3 Å². The summed E-state index contributed by atoms with van der Waals surface area (Å²) in [5.41, 5.74) is 1.79. The van der Waals surface area contributed by atoms with Crippen LogP contribution in [0.15, 0.2) is 55.1 Å². The second-order valence-electron chi connectivity index (χ2n) is 10.3. The van der Waals surface area contributed by atoms with Gasteiger partial charge in [0.1, 0.15) is 11.9 Å². The first-order chi connectivity index (χ1) is 19.3. The predicted octanol–water partition coefficient (Wildman–Crippen LogP) is 3.02. The monoisotopic (exact) mass is 549 g/mol. The zero-order valence-corrected chi connectivity index (χ0v) is 23.3. The number of hydrogen-bond donors (Lipinski definition) is 1. The molecule has 0 bridgehead atoms. The lowest BCUT2D eigenvalue weighted by Gasteiger charge is -2.47. The van der Waals surface area contributed by atoms with Crippen molar-refractivity contribution in [2.45, 2.75) is 51.9 Å². The van der Waals surface area contributed by atoms with Crippen LogP contribution < -0.4 is 5.32 Å². The Morgan fingerprint density at radius 3 is 2.38 bits per heavy atom. The van der Waals surface area contributed by atoms with E-state index in [0.29, 0.717) is 37.8 Å². The highest BCUT2D eigenvalue weighted by Crippen LogP contribution is 2.28. The highest BCUT2D eigenvalue weighted by molar-refractivity contribution is 5.89. The molecule has 1 aromatic carbocycles. The fraction of sp³-hybridized carbons (Fsp3) is 0.448. The summed E-state index contributed by atoms with van der Waals surface area (Å²) in [5.74, 6) is -0.0165. The lowest BCUT2D eigenvalue weighted by atomic mass is 9.99. The average Bonchev–Trinajstić information content (AvgIpc) is 2.97. The van der Waals surface area contributed by atoms with Crippen molar-refractivity contribution in [3.63, 3.8) is 0 Å². The number of methoxy groups -OCH3 is 1. The third kappa shape index (κ3) is 7.02. The minimum Gasteiger partial charge on any atom is -0.385 e. The van der Waals surface area contributed by atoms with Gasteiger partial charge in [0.05, 0.1) is 18.4 Å². The van der Waals surface area contributed by atoms with Gasteiger partial charge in [-0.1, -0.05) is 38.1 Å². The molecule has 3 atom stereocenters. The molecule has 1 N–H and O–H groups in total. The van der Waals surface area contributed by atoms with Gasteiger partial charge in [-0.15, -0.1) is 0 Å². The van der Waals surface area contributed by atoms with E-state index in [1.54, 1.807) is 30.5 Å². The molecule has 1 aliphatic rings. The maximum absolute atomic E-state index is 13.6. The number of aromatic nitrogens is 4. The first-order valence-electron chi connectivity index (χ1n) is 13.4. The van der Waals surface area contributed by atoms with E-state index in [-0.39, 0.29) is 36.4 Å². The summed E-state index contributed by atoms with van der Waals surface area (Å²) in [6.45, 7) is 7.15. The van der Waals surface area contributed by atoms with Crippen LogP contribution in [0.25, 0.3) is 11.4 Å². The van der Waals surface area contributed by atoms with E-state index in [1.807, 2.05) is 45.0 Å². The predicted molar refractivity (Wildman–Crippen MR) is 147 cm³/mol. The Morgan fingerprint density at radius 1 is 1.07 bits per heavy atom. The van der Waals surface area contributed by atoms with Crippen molar-refractivity contribution in [3.8, 4) is 11.4 Å². The fourth-order valence-electron chi connectivity index (χ4n) is 4.98. The number of carbonyl (C=O) groups is 2. The van der Waals surface area contributed by atoms with Gasteiger partial charge in [-0.25, -0.2) is 24.3 Å². The third-order valence-corrected chi connectivity index (χ3v) is 6.99. The number of benzene rings is 1. The van der Waals surface area contributed by atoms with Crippen LogP contribution in [0.1, 0.15) is 44.6 Å². The highest BCUT2D eigenvalue weighted by atomic mass is 19.1. The van der Waals surface area contributed by atoms with Gasteiger partial charge in [-0.3, -0.25) is 14.5 Å². The first-order valence-corrected chi connectivity index (χ1v) is 13.4. The molecule has 4 rings (SSSR count). The molecule has 1 saturated heterocycles. The summed E-state index contributed by atoms with van der Waals surface area (Å²) < 4.78 is 18.9. The number of piperazine rings is 1. The molecule has 1 aliphatic heterocycles. The highest BCUT2D eigenvalue weighted by Gasteiger charge is 2.42. The quantitative estimate of drug-likeness (QED) is 0.411. The summed E-state index contributed by atoms with van der Waals surface area (Å²) in [7, 11) is 1.61. The van der Waals surface area contributed by atoms with Gasteiger partial charge in [0.2, 0.25) is 11.8 Å². The second-order valence-corrected chi connectivity index (χ2v) is 10.3. The largest absolute Gasteiger partial charge is 0.385 e. The fourth-order valence-corrected chi connectivity index (χ4v) is 4.98. The van der Waals surface area contributed by atoms with Crippen molar-refractivity contribution < 1.29 is 18.7 Å². The molecular formula is C29H36FN7O3. The van der Waals surface area contributed by atoms with E-state index >= 15 is 0 Å². The van der Waals surface area contributed by atoms with Gasteiger partial charge in [0.25, 0.3) is 0 Å². The lowest BCUT2D eigenvalue weighted by molar-refractivity contribution is -0.151. The third-order valence-electron chi connectivity index (χ3n) is 6.99. The molecule has 10 nitrogen and oxygen atoms in total. The van der Waals surface area contributed by atoms with Crippen LogP contribution in [0.3, 0.4) is 0 Å². The molecule has 40 heavy (non-hydrogen) atoms. The van der Waals surface area contributed by atoms with E-state index < -0.39 is 11.9 Å². The number of ether oxygens (including phenoxy) is 1. The van der Waals surface area contributed by atoms with E-state index in [0.717, 1.165) is 23.5 Å². The number of rotatable bonds is 10. The van der Waals surface area contributed by atoms with E-state index in [9.17, 15) is 14.0 Å². The Bertz CT molecular complexity index is 1260. The number of nitrogens with zero attached hydrogens (tertiary/aromatic N) is 6. The van der Waals surface area contributed by atoms with Crippen LogP contribution in [0.5, 0.6) is 0 Å². The topological polar surface area (TPSA) is 113 Å². The van der Waals surface area contributed by atoms with Crippen LogP contribution in [0, 0.1) is 11.7 Å². The lowest BCUT2D eigenvalue weighted by Crippen LogP contribution is -2.65. The van der Waals surface area contributed by atoms with Gasteiger partial charge in [0.15, 0.2) is 11.6 Å². The molecule has 0 unspecified atom stereocenters. The summed E-state index contributed by atoms with van der Waals surface area (Å²) in [4.78, 5) is 47.7. The van der Waals surface area contributed by atoms with Crippen molar-refractivity contribution in [2.24, 2.45) is 5.92 Å². The molecule has 0 aliphatic carbocycles. The Hall–Kier alpha value is -3.83. The standard InChI is InChI=1S/C29H36FN7O3/c1-19(2)29(39)37-20(3)17-36(24(10-13-40-4)27-33-15-23(30)16-34-27)18-25(37)28(38)35-14-21-6-8-22(9-7-21)26-31-11-5-12-32-26/h5-9,11-12,15-16,19-20,24-25H,10,13-14,17-18H2,1-4H3,(H,35,38)/t20-,24-,25-/m1/s1. The van der Waals surface area contributed by atoms with Crippen LogP contribution in [0.4, 0.5) is 4.39 Å². The normalized spacial score (nSPS) is 18.5. The van der Waals surface area contributed by atoms with Crippen molar-refractivity contribution in [1.82, 2.24) is 35.1 Å². The number of hydrogen-bond acceptors (Lipinski definition) is 8. The van der Waals surface area contributed by atoms with Crippen molar-refractivity contribution in [2.75, 3.05) is 26.8 Å². The zero-order chi connectivity index (χ0) is 28.6. The second kappa shape index (κ2) is 13.5. The zero-order valence-electron chi connectivity index (χ0n) is 23.3. The number of halogens is 1. The number of carbonyl (C=O) groups excluding carboxylic acids is 2. The van der Waals surface area contributed by atoms with E-state index in [4.69, 9.17) is 4.74 Å². The van der Waals surface area contributed by atoms with Gasteiger partial charge >= 0.3 is 0 Å². The van der Waals surface area contributed by atoms with Crippen molar-refractivity contribution >= 4 is 11.8 Å². The summed E-state index contributed by atoms with van der Waals surface area (Å²) in [6, 6.07) is 8.17. The minimum atomic E-state index is -0.721. The van der Waals surface area contributed by atoms with Crippen molar-refractivity contribution in [3.05, 3.63) is 72.3 Å². The Morgan fingerprint density at radius 2 is 1.75 bits per heavy atom. The van der Waals surface area contributed by atoms with Crippen LogP contribution in [-0.4, -0.2) is 80.4 Å². The molecular weight excluding hydrogens is 513 g/mol. The maximum Gasteiger partial charge on any atom is 0.244 e. The molecule has 3 heterocycles. The number of amides is 2.